The molecule has 0 aromatic heterocycles. The molecule has 19 heavy (non-hydrogen) atoms. The number of ether oxygens (including phenoxy) is 2. The van der Waals surface area contributed by atoms with E-state index in [2.05, 4.69) is 10.0 Å². The van der Waals surface area contributed by atoms with Crippen LogP contribution in [0.5, 0.6) is 0 Å². The van der Waals surface area contributed by atoms with Crippen molar-refractivity contribution in [3.8, 4) is 0 Å². The predicted molar refractivity (Wildman–Crippen MR) is 74.7 cm³/mol. The van der Waals surface area contributed by atoms with E-state index in [0.29, 0.717) is 26.2 Å². The first-order valence-electron chi connectivity index (χ1n) is 6.84. The Morgan fingerprint density at radius 1 is 1.37 bits per heavy atom. The second kappa shape index (κ2) is 8.16. The van der Waals surface area contributed by atoms with Crippen LogP contribution >= 0.6 is 0 Å². The topological polar surface area (TPSA) is 76.7 Å². The number of rotatable bonds is 10. The molecule has 1 fully saturated rings. The summed E-state index contributed by atoms with van der Waals surface area (Å²) in [5, 5.41) is 3.17. The van der Waals surface area contributed by atoms with Crippen molar-refractivity contribution in [3.63, 3.8) is 0 Å². The van der Waals surface area contributed by atoms with Gasteiger partial charge in [-0.3, -0.25) is 0 Å². The van der Waals surface area contributed by atoms with Gasteiger partial charge in [0.25, 0.3) is 0 Å². The summed E-state index contributed by atoms with van der Waals surface area (Å²) in [5.41, 5.74) is -0.489. The molecule has 0 aliphatic carbocycles. The quantitative estimate of drug-likeness (QED) is 0.559. The van der Waals surface area contributed by atoms with Gasteiger partial charge in [-0.2, -0.15) is 0 Å². The third-order valence-electron chi connectivity index (χ3n) is 3.38. The zero-order chi connectivity index (χ0) is 14.2. The molecule has 0 aromatic carbocycles. The number of hydrogen-bond acceptors (Lipinski definition) is 5. The molecule has 0 saturated carbocycles. The van der Waals surface area contributed by atoms with Crippen molar-refractivity contribution in [1.29, 1.82) is 0 Å². The zero-order valence-electron chi connectivity index (χ0n) is 11.9. The molecule has 0 bridgehead atoms. The lowest BCUT2D eigenvalue weighted by atomic mass is 10.0. The fraction of sp³-hybridized carbons (Fsp3) is 1.00. The van der Waals surface area contributed by atoms with Crippen LogP contribution in [0.15, 0.2) is 0 Å². The van der Waals surface area contributed by atoms with E-state index >= 15 is 0 Å². The van der Waals surface area contributed by atoms with Crippen LogP contribution in [0.4, 0.5) is 0 Å². The van der Waals surface area contributed by atoms with Crippen LogP contribution in [0, 0.1) is 0 Å². The first-order valence-corrected chi connectivity index (χ1v) is 8.50. The summed E-state index contributed by atoms with van der Waals surface area (Å²) in [7, 11) is -1.62. The van der Waals surface area contributed by atoms with Crippen LogP contribution in [0.1, 0.15) is 26.2 Å². The molecule has 114 valence electrons. The minimum atomic E-state index is -3.22. The zero-order valence-corrected chi connectivity index (χ0v) is 12.7. The molecule has 2 N–H and O–H groups in total. The predicted octanol–water partition coefficient (Wildman–Crippen LogP) is 0.101. The van der Waals surface area contributed by atoms with E-state index in [0.717, 1.165) is 25.9 Å². The van der Waals surface area contributed by atoms with Crippen molar-refractivity contribution >= 4 is 10.0 Å². The smallest absolute Gasteiger partial charge is 0.211 e. The summed E-state index contributed by atoms with van der Waals surface area (Å²) in [6, 6.07) is 0. The summed E-state index contributed by atoms with van der Waals surface area (Å²) in [5.74, 6) is 0.166. The van der Waals surface area contributed by atoms with E-state index in [9.17, 15) is 8.42 Å². The molecule has 1 saturated heterocycles. The van der Waals surface area contributed by atoms with E-state index in [4.69, 9.17) is 9.47 Å². The van der Waals surface area contributed by atoms with Gasteiger partial charge in [0.1, 0.15) is 5.60 Å². The maximum Gasteiger partial charge on any atom is 0.211 e. The van der Waals surface area contributed by atoms with Gasteiger partial charge in [0.2, 0.25) is 10.0 Å². The van der Waals surface area contributed by atoms with Gasteiger partial charge in [-0.1, -0.05) is 6.92 Å². The van der Waals surface area contributed by atoms with E-state index in [-0.39, 0.29) is 5.75 Å². The molecule has 6 nitrogen and oxygen atoms in total. The highest BCUT2D eigenvalue weighted by Crippen LogP contribution is 2.21. The molecule has 0 spiro atoms. The Balaban J connectivity index is 2.26. The van der Waals surface area contributed by atoms with Crippen LogP contribution in [-0.4, -0.2) is 59.7 Å². The summed E-state index contributed by atoms with van der Waals surface area (Å²) < 4.78 is 37.0. The van der Waals surface area contributed by atoms with Crippen molar-refractivity contribution in [3.05, 3.63) is 0 Å². The molecular weight excluding hydrogens is 268 g/mol. The molecule has 0 aromatic rings. The van der Waals surface area contributed by atoms with Crippen molar-refractivity contribution < 1.29 is 17.9 Å². The molecule has 1 unspecified atom stereocenters. The Bertz CT molecular complexity index is 340. The fourth-order valence-electron chi connectivity index (χ4n) is 1.99. The van der Waals surface area contributed by atoms with Crippen molar-refractivity contribution in [2.45, 2.75) is 31.8 Å². The highest BCUT2D eigenvalue weighted by Gasteiger charge is 2.35. The van der Waals surface area contributed by atoms with Crippen LogP contribution < -0.4 is 10.0 Å². The molecule has 1 heterocycles. The highest BCUT2D eigenvalue weighted by atomic mass is 32.2. The number of unbranched alkanes of at least 4 members (excludes halogenated alkanes) is 1. The monoisotopic (exact) mass is 294 g/mol. The fourth-order valence-corrected chi connectivity index (χ4v) is 3.21. The first-order chi connectivity index (χ1) is 9.04. The average molecular weight is 294 g/mol. The minimum absolute atomic E-state index is 0.166. The lowest BCUT2D eigenvalue weighted by molar-refractivity contribution is -0.0120. The SMILES string of the molecule is CCNCCCCS(=O)(=O)NCC1(OC)CCOC1. The van der Waals surface area contributed by atoms with Crippen molar-refractivity contribution in [1.82, 2.24) is 10.0 Å². The summed E-state index contributed by atoms with van der Waals surface area (Å²) >= 11 is 0. The van der Waals surface area contributed by atoms with E-state index in [1.54, 1.807) is 7.11 Å². The summed E-state index contributed by atoms with van der Waals surface area (Å²) in [6.45, 7) is 5.18. The molecule has 1 atom stereocenters. The number of methoxy groups -OCH3 is 1. The molecule has 1 aliphatic rings. The highest BCUT2D eigenvalue weighted by molar-refractivity contribution is 7.89. The largest absolute Gasteiger partial charge is 0.378 e. The second-order valence-corrected chi connectivity index (χ2v) is 6.82. The molecule has 1 rings (SSSR count). The van der Waals surface area contributed by atoms with Crippen LogP contribution in [0.3, 0.4) is 0 Å². The Morgan fingerprint density at radius 3 is 2.74 bits per heavy atom. The van der Waals surface area contributed by atoms with Gasteiger partial charge in [-0.05, 0) is 25.9 Å². The van der Waals surface area contributed by atoms with Gasteiger partial charge in [0, 0.05) is 26.7 Å². The van der Waals surface area contributed by atoms with Gasteiger partial charge in [-0.25, -0.2) is 13.1 Å². The molecule has 1 aliphatic heterocycles. The van der Waals surface area contributed by atoms with Crippen molar-refractivity contribution in [2.75, 3.05) is 45.7 Å². The third-order valence-corrected chi connectivity index (χ3v) is 4.79. The molecule has 0 amide bonds. The standard InChI is InChI=1S/C12H26N2O4S/c1-3-13-7-4-5-9-19(15,16)14-10-12(17-2)6-8-18-11-12/h13-14H,3-11H2,1-2H3. The van der Waals surface area contributed by atoms with E-state index in [1.807, 2.05) is 6.92 Å². The van der Waals surface area contributed by atoms with Crippen molar-refractivity contribution in [2.24, 2.45) is 0 Å². The summed E-state index contributed by atoms with van der Waals surface area (Å²) in [4.78, 5) is 0. The maximum absolute atomic E-state index is 11.9. The van der Waals surface area contributed by atoms with Gasteiger partial charge in [0.15, 0.2) is 0 Å². The first kappa shape index (κ1) is 16.8. The van der Waals surface area contributed by atoms with Gasteiger partial charge >= 0.3 is 0 Å². The van der Waals surface area contributed by atoms with E-state index in [1.165, 1.54) is 0 Å². The second-order valence-electron chi connectivity index (χ2n) is 4.89. The number of sulfonamides is 1. The number of nitrogens with one attached hydrogen (secondary N) is 2. The Labute approximate surface area is 116 Å². The van der Waals surface area contributed by atoms with Gasteiger partial charge in [-0.15, -0.1) is 0 Å². The van der Waals surface area contributed by atoms with Crippen LogP contribution in [0.25, 0.3) is 0 Å². The third kappa shape index (κ3) is 6.18. The van der Waals surface area contributed by atoms with Crippen LogP contribution in [0.2, 0.25) is 0 Å². The van der Waals surface area contributed by atoms with Gasteiger partial charge < -0.3 is 14.8 Å². The lowest BCUT2D eigenvalue weighted by Crippen LogP contribution is -2.45. The minimum Gasteiger partial charge on any atom is -0.378 e. The maximum atomic E-state index is 11.9. The lowest BCUT2D eigenvalue weighted by Gasteiger charge is -2.25. The molecular formula is C12H26N2O4S. The molecule has 0 radical (unpaired) electrons. The van der Waals surface area contributed by atoms with Crippen LogP contribution in [-0.2, 0) is 19.5 Å². The number of hydrogen-bond donors (Lipinski definition) is 2. The van der Waals surface area contributed by atoms with E-state index < -0.39 is 15.6 Å². The Kier molecular flexibility index (Phi) is 7.23. The summed E-state index contributed by atoms with van der Waals surface area (Å²) in [6.07, 6.45) is 2.26. The Morgan fingerprint density at radius 2 is 2.16 bits per heavy atom. The average Bonchev–Trinajstić information content (AvgIpc) is 2.86. The molecule has 7 heteroatoms. The van der Waals surface area contributed by atoms with Gasteiger partial charge in [0.05, 0.1) is 12.4 Å². The normalized spacial score (nSPS) is 23.9. The Hall–Kier alpha value is -0.210.